The monoisotopic (exact) mass is 223 g/mol. The predicted octanol–water partition coefficient (Wildman–Crippen LogP) is 0.628. The fraction of sp³-hybridized carbons (Fsp3) is 0.100. The molecule has 5 nitrogen and oxygen atoms in total. The zero-order valence-electron chi connectivity index (χ0n) is 7.85. The molecular weight excluding hydrogens is 217 g/mol. The van der Waals surface area contributed by atoms with Crippen molar-refractivity contribution in [2.24, 2.45) is 0 Å². The Morgan fingerprint density at radius 2 is 2.19 bits per heavy atom. The Hall–Kier alpha value is -2.26. The molecule has 0 bridgehead atoms. The second kappa shape index (κ2) is 4.51. The lowest BCUT2D eigenvalue weighted by atomic mass is 10.00. The Balaban J connectivity index is 3.43. The average molecular weight is 223 g/mol. The number of nitriles is 1. The molecule has 0 aromatic heterocycles. The van der Waals surface area contributed by atoms with Crippen molar-refractivity contribution in [3.63, 3.8) is 0 Å². The fourth-order valence-electron chi connectivity index (χ4n) is 1.16. The van der Waals surface area contributed by atoms with Gasteiger partial charge in [-0.1, -0.05) is 0 Å². The molecule has 0 saturated carbocycles. The van der Waals surface area contributed by atoms with E-state index in [4.69, 9.17) is 10.4 Å². The summed E-state index contributed by atoms with van der Waals surface area (Å²) in [7, 11) is 0. The van der Waals surface area contributed by atoms with Gasteiger partial charge in [-0.3, -0.25) is 4.79 Å². The highest BCUT2D eigenvalue weighted by atomic mass is 19.1. The van der Waals surface area contributed by atoms with Gasteiger partial charge in [-0.25, -0.2) is 9.18 Å². The third-order valence-corrected chi connectivity index (χ3v) is 1.95. The average Bonchev–Trinajstić information content (AvgIpc) is 2.27. The number of aliphatic carboxylic acids is 1. The van der Waals surface area contributed by atoms with Crippen LogP contribution in [-0.2, 0) is 4.79 Å². The third kappa shape index (κ3) is 2.04. The molecule has 1 atom stereocenters. The highest BCUT2D eigenvalue weighted by Crippen LogP contribution is 2.21. The minimum absolute atomic E-state index is 0.214. The van der Waals surface area contributed by atoms with E-state index in [1.165, 1.54) is 6.07 Å². The highest BCUT2D eigenvalue weighted by Gasteiger charge is 2.21. The van der Waals surface area contributed by atoms with E-state index in [-0.39, 0.29) is 17.4 Å². The molecule has 0 radical (unpaired) electrons. The van der Waals surface area contributed by atoms with Gasteiger partial charge in [-0.2, -0.15) is 5.26 Å². The molecule has 0 aliphatic heterocycles. The van der Waals surface area contributed by atoms with Gasteiger partial charge in [0.15, 0.2) is 12.4 Å². The third-order valence-electron chi connectivity index (χ3n) is 1.95. The summed E-state index contributed by atoms with van der Waals surface area (Å²) in [5, 5.41) is 26.3. The number of carbonyl (C=O) groups excluding carboxylic acids is 1. The minimum atomic E-state index is -1.96. The van der Waals surface area contributed by atoms with Crippen LogP contribution in [0.5, 0.6) is 0 Å². The van der Waals surface area contributed by atoms with Crippen LogP contribution in [0.25, 0.3) is 0 Å². The summed E-state index contributed by atoms with van der Waals surface area (Å²) < 4.78 is 13.1. The lowest BCUT2D eigenvalue weighted by Gasteiger charge is -2.09. The van der Waals surface area contributed by atoms with Gasteiger partial charge >= 0.3 is 5.97 Å². The van der Waals surface area contributed by atoms with Crippen LogP contribution in [0, 0.1) is 17.1 Å². The van der Waals surface area contributed by atoms with Gasteiger partial charge in [0.05, 0.1) is 5.56 Å². The first-order valence-electron chi connectivity index (χ1n) is 4.10. The Kier molecular flexibility index (Phi) is 3.33. The van der Waals surface area contributed by atoms with Crippen LogP contribution in [0.3, 0.4) is 0 Å². The summed E-state index contributed by atoms with van der Waals surface area (Å²) >= 11 is 0. The second-order valence-corrected chi connectivity index (χ2v) is 2.93. The van der Waals surface area contributed by atoms with Crippen LogP contribution >= 0.6 is 0 Å². The summed E-state index contributed by atoms with van der Waals surface area (Å²) in [5.74, 6) is -2.52. The number of hydrogen-bond donors (Lipinski definition) is 2. The van der Waals surface area contributed by atoms with Crippen molar-refractivity contribution in [1.29, 1.82) is 5.26 Å². The molecule has 1 rings (SSSR count). The molecule has 1 aromatic rings. The molecule has 0 spiro atoms. The summed E-state index contributed by atoms with van der Waals surface area (Å²) in [6, 6.07) is 3.05. The number of aldehydes is 1. The largest absolute Gasteiger partial charge is 0.479 e. The Bertz CT molecular complexity index is 492. The Morgan fingerprint density at radius 3 is 2.62 bits per heavy atom. The Labute approximate surface area is 89.4 Å². The van der Waals surface area contributed by atoms with Crippen LogP contribution in [0.4, 0.5) is 4.39 Å². The quantitative estimate of drug-likeness (QED) is 0.732. The number of rotatable bonds is 3. The van der Waals surface area contributed by atoms with Crippen LogP contribution in [0.1, 0.15) is 27.6 Å². The lowest BCUT2D eigenvalue weighted by Crippen LogP contribution is -2.13. The van der Waals surface area contributed by atoms with E-state index in [1.807, 2.05) is 0 Å². The zero-order valence-corrected chi connectivity index (χ0v) is 7.85. The van der Waals surface area contributed by atoms with E-state index >= 15 is 0 Å². The maximum Gasteiger partial charge on any atom is 0.337 e. The maximum absolute atomic E-state index is 13.1. The van der Waals surface area contributed by atoms with Crippen molar-refractivity contribution >= 4 is 12.3 Å². The van der Waals surface area contributed by atoms with Gasteiger partial charge in [0.2, 0.25) is 0 Å². The molecule has 0 aliphatic carbocycles. The number of carbonyl (C=O) groups is 2. The molecule has 0 fully saturated rings. The first-order chi connectivity index (χ1) is 7.51. The molecule has 1 unspecified atom stereocenters. The van der Waals surface area contributed by atoms with Crippen molar-refractivity contribution in [3.05, 3.63) is 34.6 Å². The van der Waals surface area contributed by atoms with Crippen molar-refractivity contribution in [3.8, 4) is 6.07 Å². The number of carboxylic acids is 1. The van der Waals surface area contributed by atoms with Crippen LogP contribution in [0.2, 0.25) is 0 Å². The molecule has 0 amide bonds. The number of nitrogens with zero attached hydrogens (tertiary/aromatic N) is 1. The van der Waals surface area contributed by atoms with E-state index in [1.54, 1.807) is 0 Å². The summed E-state index contributed by atoms with van der Waals surface area (Å²) in [4.78, 5) is 21.1. The Morgan fingerprint density at radius 1 is 1.56 bits per heavy atom. The first kappa shape index (κ1) is 11.8. The van der Waals surface area contributed by atoms with Gasteiger partial charge in [-0.15, -0.1) is 0 Å². The second-order valence-electron chi connectivity index (χ2n) is 2.93. The van der Waals surface area contributed by atoms with E-state index in [2.05, 4.69) is 0 Å². The SMILES string of the molecule is N#Cc1cc(C(O)C(=O)O)c(C=O)cc1F. The van der Waals surface area contributed by atoms with E-state index in [0.29, 0.717) is 6.07 Å². The van der Waals surface area contributed by atoms with Crippen LogP contribution in [-0.4, -0.2) is 22.5 Å². The topological polar surface area (TPSA) is 98.4 Å². The normalized spacial score (nSPS) is 11.6. The first-order valence-corrected chi connectivity index (χ1v) is 4.10. The van der Waals surface area contributed by atoms with E-state index in [0.717, 1.165) is 6.07 Å². The van der Waals surface area contributed by atoms with Gasteiger partial charge in [0.1, 0.15) is 11.9 Å². The van der Waals surface area contributed by atoms with Gasteiger partial charge in [0, 0.05) is 11.1 Å². The van der Waals surface area contributed by atoms with Crippen molar-refractivity contribution in [1.82, 2.24) is 0 Å². The van der Waals surface area contributed by atoms with Crippen molar-refractivity contribution in [2.45, 2.75) is 6.10 Å². The lowest BCUT2D eigenvalue weighted by molar-refractivity contribution is -0.146. The molecule has 1 aromatic carbocycles. The molecule has 0 heterocycles. The highest BCUT2D eigenvalue weighted by molar-refractivity contribution is 5.83. The van der Waals surface area contributed by atoms with Crippen LogP contribution in [0.15, 0.2) is 12.1 Å². The summed E-state index contributed by atoms with van der Waals surface area (Å²) in [6.45, 7) is 0. The molecule has 0 saturated heterocycles. The molecule has 16 heavy (non-hydrogen) atoms. The zero-order chi connectivity index (χ0) is 12.3. The van der Waals surface area contributed by atoms with Gasteiger partial charge < -0.3 is 10.2 Å². The summed E-state index contributed by atoms with van der Waals surface area (Å²) in [5.41, 5.74) is -1.03. The molecule has 6 heteroatoms. The van der Waals surface area contributed by atoms with Crippen molar-refractivity contribution < 1.29 is 24.2 Å². The fourth-order valence-corrected chi connectivity index (χ4v) is 1.16. The number of benzene rings is 1. The summed E-state index contributed by atoms with van der Waals surface area (Å²) in [6.07, 6.45) is -1.75. The van der Waals surface area contributed by atoms with Gasteiger partial charge in [0.25, 0.3) is 0 Å². The molecule has 0 aliphatic rings. The number of carboxylic acid groups (broad SMARTS) is 1. The van der Waals surface area contributed by atoms with E-state index < -0.39 is 23.5 Å². The minimum Gasteiger partial charge on any atom is -0.479 e. The number of halogens is 1. The maximum atomic E-state index is 13.1. The number of hydrogen-bond acceptors (Lipinski definition) is 4. The predicted molar refractivity (Wildman–Crippen MR) is 49.1 cm³/mol. The molecule has 2 N–H and O–H groups in total. The van der Waals surface area contributed by atoms with Gasteiger partial charge in [-0.05, 0) is 12.1 Å². The van der Waals surface area contributed by atoms with E-state index in [9.17, 15) is 19.1 Å². The number of aliphatic hydroxyl groups excluding tert-OH is 1. The van der Waals surface area contributed by atoms with Crippen molar-refractivity contribution in [2.75, 3.05) is 0 Å². The molecule has 82 valence electrons. The number of aliphatic hydroxyl groups is 1. The standard InChI is InChI=1S/C10H6FNO4/c11-8-2-6(4-13)7(1-5(8)3-12)9(14)10(15)16/h1-2,4,9,14H,(H,15,16). The molecular formula is C10H6FNO4. The smallest absolute Gasteiger partial charge is 0.337 e. The van der Waals surface area contributed by atoms with Crippen LogP contribution < -0.4 is 0 Å².